The second-order valence-corrected chi connectivity index (χ2v) is 6.87. The van der Waals surface area contributed by atoms with Gasteiger partial charge in [-0.1, -0.05) is 48.5 Å². The minimum Gasteiger partial charge on any atom is -0.457 e. The lowest BCUT2D eigenvalue weighted by Crippen LogP contribution is -2.21. The molecule has 4 nitrogen and oxygen atoms in total. The minimum absolute atomic E-state index is 0.225. The number of carbonyl (C=O) groups is 2. The average Bonchev–Trinajstić information content (AvgIpc) is 2.79. The molecule has 4 aromatic carbocycles. The Morgan fingerprint density at radius 2 is 1.13 bits per heavy atom. The molecule has 0 spiro atoms. The molecule has 4 heteroatoms. The first-order chi connectivity index (χ1) is 14.7. The number of para-hydroxylation sites is 2. The highest BCUT2D eigenvalue weighted by molar-refractivity contribution is 6.29. The van der Waals surface area contributed by atoms with E-state index in [-0.39, 0.29) is 17.1 Å². The first kappa shape index (κ1) is 17.9. The van der Waals surface area contributed by atoms with Gasteiger partial charge in [-0.25, -0.2) is 0 Å². The van der Waals surface area contributed by atoms with Crippen LogP contribution in [0.4, 0.5) is 0 Å². The lowest BCUT2D eigenvalue weighted by atomic mass is 9.83. The fourth-order valence-electron chi connectivity index (χ4n) is 3.53. The summed E-state index contributed by atoms with van der Waals surface area (Å²) in [4.78, 5) is 26.5. The molecule has 0 fully saturated rings. The number of rotatable bonds is 4. The Kier molecular flexibility index (Phi) is 4.37. The van der Waals surface area contributed by atoms with E-state index in [1.807, 2.05) is 48.5 Å². The third-order valence-electron chi connectivity index (χ3n) is 4.93. The van der Waals surface area contributed by atoms with E-state index in [1.54, 1.807) is 48.5 Å². The van der Waals surface area contributed by atoms with Crippen LogP contribution < -0.4 is 9.47 Å². The fraction of sp³-hybridized carbons (Fsp3) is 0. The Labute approximate surface area is 173 Å². The molecular weight excluding hydrogens is 376 g/mol. The van der Waals surface area contributed by atoms with Gasteiger partial charge in [-0.15, -0.1) is 0 Å². The van der Waals surface area contributed by atoms with Crippen molar-refractivity contribution in [3.63, 3.8) is 0 Å². The molecule has 0 aromatic heterocycles. The summed E-state index contributed by atoms with van der Waals surface area (Å²) in [6.07, 6.45) is 0. The normalized spacial score (nSPS) is 12.1. The highest BCUT2D eigenvalue weighted by Crippen LogP contribution is 2.37. The third kappa shape index (κ3) is 3.14. The number of hydrogen-bond donors (Lipinski definition) is 0. The van der Waals surface area contributed by atoms with Crippen molar-refractivity contribution in [1.82, 2.24) is 0 Å². The van der Waals surface area contributed by atoms with E-state index in [9.17, 15) is 9.59 Å². The predicted octanol–water partition coefficient (Wildman–Crippen LogP) is 6.05. The second-order valence-electron chi connectivity index (χ2n) is 6.87. The molecular formula is C26H16O4. The molecule has 0 atom stereocenters. The molecule has 30 heavy (non-hydrogen) atoms. The Morgan fingerprint density at radius 3 is 1.83 bits per heavy atom. The summed E-state index contributed by atoms with van der Waals surface area (Å²) in [5.74, 6) is 1.66. The number of ether oxygens (including phenoxy) is 2. The molecule has 0 unspecified atom stereocenters. The summed E-state index contributed by atoms with van der Waals surface area (Å²) < 4.78 is 11.7. The van der Waals surface area contributed by atoms with E-state index in [2.05, 4.69) is 0 Å². The van der Waals surface area contributed by atoms with Gasteiger partial charge in [0.1, 0.15) is 23.0 Å². The summed E-state index contributed by atoms with van der Waals surface area (Å²) in [5, 5.41) is 0. The summed E-state index contributed by atoms with van der Waals surface area (Å²) in [5.41, 5.74) is 1.29. The maximum Gasteiger partial charge on any atom is 0.198 e. The SMILES string of the molecule is O=C1c2cc(Oc3ccccc3)ccc2C(=O)c2c(Oc3ccccc3)cccc21. The van der Waals surface area contributed by atoms with Crippen LogP contribution in [0.3, 0.4) is 0 Å². The molecule has 4 aromatic rings. The van der Waals surface area contributed by atoms with Gasteiger partial charge in [0.05, 0.1) is 5.56 Å². The van der Waals surface area contributed by atoms with E-state index in [0.29, 0.717) is 39.7 Å². The van der Waals surface area contributed by atoms with E-state index < -0.39 is 0 Å². The summed E-state index contributed by atoms with van der Waals surface area (Å²) in [7, 11) is 0. The number of fused-ring (bicyclic) bond motifs is 2. The molecule has 5 rings (SSSR count). The predicted molar refractivity (Wildman–Crippen MR) is 113 cm³/mol. The number of ketones is 2. The van der Waals surface area contributed by atoms with Crippen LogP contribution in [0.25, 0.3) is 0 Å². The summed E-state index contributed by atoms with van der Waals surface area (Å²) in [6, 6.07) is 28.5. The average molecular weight is 392 g/mol. The first-order valence-electron chi connectivity index (χ1n) is 9.53. The standard InChI is InChI=1S/C26H16O4/c27-25-21-12-7-13-23(30-18-10-5-2-6-11-18)24(21)26(28)20-15-14-19(16-22(20)25)29-17-8-3-1-4-9-17/h1-16H. The quantitative estimate of drug-likeness (QED) is 0.374. The van der Waals surface area contributed by atoms with Crippen molar-refractivity contribution in [3.05, 3.63) is 119 Å². The zero-order valence-electron chi connectivity index (χ0n) is 15.9. The second kappa shape index (κ2) is 7.33. The highest BCUT2D eigenvalue weighted by atomic mass is 16.5. The van der Waals surface area contributed by atoms with Crippen molar-refractivity contribution in [2.24, 2.45) is 0 Å². The molecule has 0 bridgehead atoms. The Hall–Kier alpha value is -4.18. The van der Waals surface area contributed by atoms with E-state index in [1.165, 1.54) is 0 Å². The molecule has 0 amide bonds. The van der Waals surface area contributed by atoms with E-state index >= 15 is 0 Å². The Bertz CT molecular complexity index is 1260. The maximum atomic E-state index is 13.3. The van der Waals surface area contributed by atoms with Crippen molar-refractivity contribution in [2.45, 2.75) is 0 Å². The molecule has 1 aliphatic carbocycles. The maximum absolute atomic E-state index is 13.3. The number of hydrogen-bond acceptors (Lipinski definition) is 4. The van der Waals surface area contributed by atoms with Gasteiger partial charge >= 0.3 is 0 Å². The van der Waals surface area contributed by atoms with E-state index in [4.69, 9.17) is 9.47 Å². The number of carbonyl (C=O) groups excluding carboxylic acids is 2. The molecule has 1 aliphatic rings. The van der Waals surface area contributed by atoms with Crippen LogP contribution in [-0.4, -0.2) is 11.6 Å². The van der Waals surface area contributed by atoms with Crippen LogP contribution in [-0.2, 0) is 0 Å². The summed E-state index contributed by atoms with van der Waals surface area (Å²) in [6.45, 7) is 0. The van der Waals surface area contributed by atoms with Gasteiger partial charge in [-0.3, -0.25) is 9.59 Å². The fourth-order valence-corrected chi connectivity index (χ4v) is 3.53. The van der Waals surface area contributed by atoms with Gasteiger partial charge in [0.2, 0.25) is 0 Å². The van der Waals surface area contributed by atoms with Gasteiger partial charge in [0, 0.05) is 16.7 Å². The minimum atomic E-state index is -0.239. The van der Waals surface area contributed by atoms with E-state index in [0.717, 1.165) is 0 Å². The first-order valence-corrected chi connectivity index (χ1v) is 9.53. The molecule has 0 aliphatic heterocycles. The van der Waals surface area contributed by atoms with Crippen LogP contribution >= 0.6 is 0 Å². The molecule has 0 saturated carbocycles. The van der Waals surface area contributed by atoms with Gasteiger partial charge in [-0.05, 0) is 48.5 Å². The van der Waals surface area contributed by atoms with Crippen molar-refractivity contribution in [1.29, 1.82) is 0 Å². The monoisotopic (exact) mass is 392 g/mol. The Balaban J connectivity index is 1.54. The third-order valence-corrected chi connectivity index (χ3v) is 4.93. The van der Waals surface area contributed by atoms with Gasteiger partial charge in [0.25, 0.3) is 0 Å². The lowest BCUT2D eigenvalue weighted by Gasteiger charge is -2.20. The van der Waals surface area contributed by atoms with Gasteiger partial charge < -0.3 is 9.47 Å². The number of benzene rings is 4. The van der Waals surface area contributed by atoms with Crippen molar-refractivity contribution in [2.75, 3.05) is 0 Å². The largest absolute Gasteiger partial charge is 0.457 e. The van der Waals surface area contributed by atoms with Crippen LogP contribution in [0.5, 0.6) is 23.0 Å². The lowest BCUT2D eigenvalue weighted by molar-refractivity contribution is 0.0977. The zero-order chi connectivity index (χ0) is 20.5. The molecule has 0 saturated heterocycles. The van der Waals surface area contributed by atoms with Crippen molar-refractivity contribution >= 4 is 11.6 Å². The topological polar surface area (TPSA) is 52.6 Å². The van der Waals surface area contributed by atoms with Gasteiger partial charge in [-0.2, -0.15) is 0 Å². The van der Waals surface area contributed by atoms with Crippen molar-refractivity contribution in [3.8, 4) is 23.0 Å². The van der Waals surface area contributed by atoms with Gasteiger partial charge in [0.15, 0.2) is 11.6 Å². The summed E-state index contributed by atoms with van der Waals surface area (Å²) >= 11 is 0. The molecule has 0 radical (unpaired) electrons. The molecule has 144 valence electrons. The highest BCUT2D eigenvalue weighted by Gasteiger charge is 2.32. The smallest absolute Gasteiger partial charge is 0.198 e. The zero-order valence-corrected chi connectivity index (χ0v) is 15.9. The van der Waals surface area contributed by atoms with Crippen LogP contribution in [0.1, 0.15) is 31.8 Å². The van der Waals surface area contributed by atoms with Crippen LogP contribution in [0, 0.1) is 0 Å². The Morgan fingerprint density at radius 1 is 0.467 bits per heavy atom. The molecule has 0 heterocycles. The van der Waals surface area contributed by atoms with Crippen molar-refractivity contribution < 1.29 is 19.1 Å². The van der Waals surface area contributed by atoms with Crippen LogP contribution in [0.15, 0.2) is 97.1 Å². The molecule has 0 N–H and O–H groups in total. The van der Waals surface area contributed by atoms with Crippen LogP contribution in [0.2, 0.25) is 0 Å².